The first-order chi connectivity index (χ1) is 17.2. The van der Waals surface area contributed by atoms with Crippen molar-refractivity contribution in [3.8, 4) is 0 Å². The van der Waals surface area contributed by atoms with Crippen LogP contribution in [-0.4, -0.2) is 134 Å². The van der Waals surface area contributed by atoms with Crippen LogP contribution in [0.3, 0.4) is 0 Å². The van der Waals surface area contributed by atoms with Crippen molar-refractivity contribution in [3.05, 3.63) is 0 Å². The van der Waals surface area contributed by atoms with E-state index in [9.17, 15) is 32.4 Å². The van der Waals surface area contributed by atoms with Crippen molar-refractivity contribution in [2.75, 3.05) is 0 Å². The van der Waals surface area contributed by atoms with E-state index < -0.39 is 51.7 Å². The Balaban J connectivity index is -0.000000371. The second-order valence-corrected chi connectivity index (χ2v) is 10.2. The molecule has 39 heavy (non-hydrogen) atoms. The van der Waals surface area contributed by atoms with Crippen molar-refractivity contribution in [2.24, 2.45) is 0 Å². The average Bonchev–Trinajstić information content (AvgIpc) is 2.77. The van der Waals surface area contributed by atoms with E-state index in [2.05, 4.69) is 12.2 Å². The van der Waals surface area contributed by atoms with Crippen LogP contribution in [0.5, 0.6) is 0 Å². The summed E-state index contributed by atoms with van der Waals surface area (Å²) in [5.41, 5.74) is 0. The molecule has 0 saturated heterocycles. The van der Waals surface area contributed by atoms with E-state index in [-0.39, 0.29) is 77.9 Å². The summed E-state index contributed by atoms with van der Waals surface area (Å²) < 4.78 is 28.7. The number of carboxylic acid groups (broad SMARTS) is 4. The van der Waals surface area contributed by atoms with Crippen molar-refractivity contribution in [2.45, 2.75) is 115 Å². The number of carbonyl (C=O) groups excluding carboxylic acids is 1. The Bertz CT molecular complexity index is 824. The molecule has 0 rings (SSSR count). The molecule has 0 spiro atoms. The van der Waals surface area contributed by atoms with Crippen molar-refractivity contribution < 1.29 is 57.4 Å². The van der Waals surface area contributed by atoms with Crippen LogP contribution in [0.1, 0.15) is 103 Å². The zero-order valence-electron chi connectivity index (χ0n) is 21.3. The fourth-order valence-corrected chi connectivity index (χ4v) is 3.83. The molecule has 0 aliphatic heterocycles. The van der Waals surface area contributed by atoms with Crippen LogP contribution in [-0.2, 0) is 34.1 Å². The van der Waals surface area contributed by atoms with Crippen molar-refractivity contribution in [1.29, 1.82) is 0 Å². The van der Waals surface area contributed by atoms with E-state index in [0.717, 1.165) is 19.3 Å². The van der Waals surface area contributed by atoms with Gasteiger partial charge in [0, 0.05) is 12.8 Å². The van der Waals surface area contributed by atoms with Gasteiger partial charge in [-0.05, 0) is 12.8 Å². The third-order valence-electron chi connectivity index (χ3n) is 5.28. The van der Waals surface area contributed by atoms with Gasteiger partial charge in [-0.1, -0.05) is 71.1 Å². The van der Waals surface area contributed by atoms with E-state index in [1.165, 1.54) is 51.4 Å². The van der Waals surface area contributed by atoms with Crippen LogP contribution in [0.15, 0.2) is 0 Å². The van der Waals surface area contributed by atoms with Gasteiger partial charge in [0.05, 0.1) is 6.42 Å². The summed E-state index contributed by atoms with van der Waals surface area (Å²) in [4.78, 5) is 53.2. The van der Waals surface area contributed by atoms with Gasteiger partial charge in [-0.25, -0.2) is 4.79 Å². The second-order valence-electron chi connectivity index (χ2n) is 8.62. The first kappa shape index (κ1) is 45.3. The SMILES string of the molecule is CCCCCCCCCCCCCC(=O)N[C@@H](CCC(=O)O)C(=O)O.O=C(O)CC(C(=O)O)S(=O)(=O)O.[NaH].[NaH]. The summed E-state index contributed by atoms with van der Waals surface area (Å²) in [5.74, 6) is -6.06. The van der Waals surface area contributed by atoms with Gasteiger partial charge < -0.3 is 25.7 Å². The van der Waals surface area contributed by atoms with E-state index in [4.69, 9.17) is 25.0 Å². The molecule has 1 unspecified atom stereocenters. The van der Waals surface area contributed by atoms with Gasteiger partial charge in [-0.2, -0.15) is 8.42 Å². The Morgan fingerprint density at radius 3 is 1.41 bits per heavy atom. The van der Waals surface area contributed by atoms with Gasteiger partial charge in [-0.15, -0.1) is 0 Å². The molecule has 2 atom stereocenters. The van der Waals surface area contributed by atoms with Crippen LogP contribution in [0, 0.1) is 0 Å². The molecule has 0 fully saturated rings. The molecule has 0 aromatic rings. The van der Waals surface area contributed by atoms with E-state index >= 15 is 0 Å². The fraction of sp³-hybridized carbons (Fsp3) is 0.783. The Morgan fingerprint density at radius 1 is 0.667 bits per heavy atom. The average molecular weight is 604 g/mol. The van der Waals surface area contributed by atoms with E-state index in [1.807, 2.05) is 0 Å². The van der Waals surface area contributed by atoms with Crippen molar-refractivity contribution in [3.63, 3.8) is 0 Å². The number of hydrogen-bond acceptors (Lipinski definition) is 7. The number of carboxylic acids is 4. The maximum absolute atomic E-state index is 11.7. The van der Waals surface area contributed by atoms with Crippen LogP contribution in [0.2, 0.25) is 0 Å². The van der Waals surface area contributed by atoms with Crippen LogP contribution < -0.4 is 5.32 Å². The Hall–Kier alpha value is -0.740. The van der Waals surface area contributed by atoms with Crippen molar-refractivity contribution in [1.82, 2.24) is 5.32 Å². The van der Waals surface area contributed by atoms with Crippen LogP contribution in [0.25, 0.3) is 0 Å². The molecule has 0 aliphatic rings. The molecule has 16 heteroatoms. The molecule has 0 aromatic carbocycles. The van der Waals surface area contributed by atoms with Gasteiger partial charge in [0.2, 0.25) is 5.91 Å². The van der Waals surface area contributed by atoms with Gasteiger partial charge in [-0.3, -0.25) is 23.7 Å². The molecule has 0 bridgehead atoms. The number of amides is 1. The summed E-state index contributed by atoms with van der Waals surface area (Å²) in [6, 6.07) is -1.11. The Labute approximate surface area is 274 Å². The Kier molecular flexibility index (Phi) is 31.8. The predicted molar refractivity (Wildman–Crippen MR) is 147 cm³/mol. The molecule has 0 aliphatic carbocycles. The zero-order chi connectivity index (χ0) is 28.9. The molecular formula is C23H43NNa2O12S. The first-order valence-electron chi connectivity index (χ1n) is 12.4. The van der Waals surface area contributed by atoms with Gasteiger partial charge in [0.25, 0.3) is 10.1 Å². The van der Waals surface area contributed by atoms with Gasteiger partial charge >= 0.3 is 83.0 Å². The number of unbranched alkanes of at least 4 members (excludes halogenated alkanes) is 10. The van der Waals surface area contributed by atoms with Crippen molar-refractivity contribution >= 4 is 99.0 Å². The van der Waals surface area contributed by atoms with E-state index in [0.29, 0.717) is 6.42 Å². The minimum absolute atomic E-state index is 0. The van der Waals surface area contributed by atoms with Gasteiger partial charge in [0.15, 0.2) is 5.25 Å². The van der Waals surface area contributed by atoms with Gasteiger partial charge in [0.1, 0.15) is 6.04 Å². The summed E-state index contributed by atoms with van der Waals surface area (Å²) in [7, 11) is -4.84. The van der Waals surface area contributed by atoms with Crippen LogP contribution >= 0.6 is 0 Å². The van der Waals surface area contributed by atoms with E-state index in [1.54, 1.807) is 0 Å². The summed E-state index contributed by atoms with van der Waals surface area (Å²) in [6.45, 7) is 2.22. The minimum atomic E-state index is -4.84. The summed E-state index contributed by atoms with van der Waals surface area (Å²) in [6.07, 6.45) is 11.9. The summed E-state index contributed by atoms with van der Waals surface area (Å²) in [5, 5.41) is 33.9. The quantitative estimate of drug-likeness (QED) is 0.0624. The summed E-state index contributed by atoms with van der Waals surface area (Å²) >= 11 is 0. The third kappa shape index (κ3) is 30.1. The number of rotatable bonds is 21. The fourth-order valence-electron chi connectivity index (χ4n) is 3.22. The molecule has 0 radical (unpaired) electrons. The molecule has 6 N–H and O–H groups in total. The molecular weight excluding hydrogens is 560 g/mol. The molecule has 220 valence electrons. The molecule has 0 saturated carbocycles. The monoisotopic (exact) mass is 603 g/mol. The standard InChI is InChI=1S/C19H35NO5.C4H6O7S.2Na.2H/c1-2-3-4-5-6-7-8-9-10-11-12-13-17(21)20-16(19(24)25)14-15-18(22)23;5-3(6)1-2(4(7)8)12(9,10)11;;;;/h16H,2-15H2,1H3,(H,20,21)(H,22,23)(H,24,25);2H,1H2,(H,5,6)(H,7,8)(H,9,10,11);;;;/t16-;;;;;/m0...../s1. The molecule has 13 nitrogen and oxygen atoms in total. The predicted octanol–water partition coefficient (Wildman–Crippen LogP) is 1.63. The molecule has 0 aromatic heterocycles. The number of hydrogen-bond donors (Lipinski definition) is 6. The van der Waals surface area contributed by atoms with Crippen LogP contribution in [0.4, 0.5) is 0 Å². The first-order valence-corrected chi connectivity index (χ1v) is 13.9. The molecule has 0 heterocycles. The molecule has 1 amide bonds. The third-order valence-corrected chi connectivity index (χ3v) is 6.37. The zero-order valence-corrected chi connectivity index (χ0v) is 22.1. The topological polar surface area (TPSA) is 233 Å². The normalized spacial score (nSPS) is 11.8. The number of nitrogens with one attached hydrogen (secondary N) is 1. The number of aliphatic carboxylic acids is 4. The Morgan fingerprint density at radius 2 is 1.10 bits per heavy atom. The number of carbonyl (C=O) groups is 5. The maximum atomic E-state index is 11.7. The second kappa shape index (κ2) is 27.4.